The minimum atomic E-state index is -3.68. The maximum atomic E-state index is 13.1. The van der Waals surface area contributed by atoms with E-state index in [0.717, 1.165) is 11.1 Å². The van der Waals surface area contributed by atoms with Crippen molar-refractivity contribution < 1.29 is 13.2 Å². The quantitative estimate of drug-likeness (QED) is 0.705. The number of amides is 1. The first kappa shape index (κ1) is 19.3. The summed E-state index contributed by atoms with van der Waals surface area (Å²) in [5.41, 5.74) is 3.44. The van der Waals surface area contributed by atoms with Crippen LogP contribution in [0.5, 0.6) is 0 Å². The Morgan fingerprint density at radius 2 is 1.76 bits per heavy atom. The minimum absolute atomic E-state index is 0.133. The number of fused-ring (bicyclic) bond motifs is 1. The Labute approximate surface area is 170 Å². The summed E-state index contributed by atoms with van der Waals surface area (Å²) in [6.45, 7) is 1.12. The monoisotopic (exact) mass is 407 g/mol. The van der Waals surface area contributed by atoms with Crippen molar-refractivity contribution in [1.29, 1.82) is 0 Å². The molecule has 0 aliphatic carbocycles. The second kappa shape index (κ2) is 8.14. The average molecular weight is 407 g/mol. The summed E-state index contributed by atoms with van der Waals surface area (Å²) in [5, 5.41) is 2.81. The Balaban J connectivity index is 1.51. The molecule has 1 aliphatic heterocycles. The highest BCUT2D eigenvalue weighted by molar-refractivity contribution is 7.89. The van der Waals surface area contributed by atoms with Gasteiger partial charge < -0.3 is 5.32 Å². The van der Waals surface area contributed by atoms with Crippen molar-refractivity contribution in [3.63, 3.8) is 0 Å². The molecule has 3 aromatic rings. The molecule has 0 fully saturated rings. The lowest BCUT2D eigenvalue weighted by Gasteiger charge is -2.28. The van der Waals surface area contributed by atoms with Gasteiger partial charge in [-0.2, -0.15) is 4.31 Å². The molecule has 2 heterocycles. The number of hydrogen-bond donors (Lipinski definition) is 1. The Kier molecular flexibility index (Phi) is 5.42. The molecule has 7 heteroatoms. The van der Waals surface area contributed by atoms with E-state index in [1.54, 1.807) is 24.5 Å². The van der Waals surface area contributed by atoms with Crippen LogP contribution in [-0.4, -0.2) is 30.2 Å². The molecule has 6 nitrogen and oxygen atoms in total. The van der Waals surface area contributed by atoms with E-state index in [0.29, 0.717) is 31.6 Å². The summed E-state index contributed by atoms with van der Waals surface area (Å²) in [6.07, 6.45) is 4.00. The van der Waals surface area contributed by atoms with Crippen molar-refractivity contribution in [3.8, 4) is 0 Å². The van der Waals surface area contributed by atoms with Gasteiger partial charge in [-0.05, 0) is 53.4 Å². The van der Waals surface area contributed by atoms with Gasteiger partial charge in [-0.25, -0.2) is 8.42 Å². The maximum Gasteiger partial charge on any atom is 0.251 e. The number of hydrogen-bond acceptors (Lipinski definition) is 4. The second-order valence-corrected chi connectivity index (χ2v) is 8.86. The highest BCUT2D eigenvalue weighted by atomic mass is 32.2. The summed E-state index contributed by atoms with van der Waals surface area (Å²) in [5.74, 6) is -0.317. The first-order valence-corrected chi connectivity index (χ1v) is 10.8. The van der Waals surface area contributed by atoms with E-state index >= 15 is 0 Å². The van der Waals surface area contributed by atoms with Crippen LogP contribution in [0.4, 0.5) is 0 Å². The van der Waals surface area contributed by atoms with Gasteiger partial charge in [-0.3, -0.25) is 9.78 Å². The molecule has 0 saturated carbocycles. The summed E-state index contributed by atoms with van der Waals surface area (Å²) in [6, 6.07) is 17.7. The van der Waals surface area contributed by atoms with E-state index in [1.165, 1.54) is 22.0 Å². The zero-order chi connectivity index (χ0) is 20.3. The zero-order valence-electron chi connectivity index (χ0n) is 15.8. The number of benzene rings is 2. The lowest BCUT2D eigenvalue weighted by Crippen LogP contribution is -2.36. The second-order valence-electron chi connectivity index (χ2n) is 6.92. The number of rotatable bonds is 5. The van der Waals surface area contributed by atoms with Gasteiger partial charge in [0.25, 0.3) is 5.91 Å². The molecule has 0 bridgehead atoms. The highest BCUT2D eigenvalue weighted by Crippen LogP contribution is 2.25. The number of nitrogens with one attached hydrogen (secondary N) is 1. The van der Waals surface area contributed by atoms with Crippen molar-refractivity contribution in [3.05, 3.63) is 95.3 Å². The van der Waals surface area contributed by atoms with Crippen molar-refractivity contribution in [2.24, 2.45) is 0 Å². The minimum Gasteiger partial charge on any atom is -0.348 e. The van der Waals surface area contributed by atoms with E-state index in [-0.39, 0.29) is 10.8 Å². The summed E-state index contributed by atoms with van der Waals surface area (Å²) in [4.78, 5) is 16.6. The molecular formula is C22H21N3O3S. The molecule has 2 aromatic carbocycles. The SMILES string of the molecule is O=C(NCc1ccncc1)c1cccc(S(=O)(=O)N2CCc3ccccc3C2)c1. The smallest absolute Gasteiger partial charge is 0.251 e. The largest absolute Gasteiger partial charge is 0.348 e. The predicted octanol–water partition coefficient (Wildman–Crippen LogP) is 2.76. The predicted molar refractivity (Wildman–Crippen MR) is 110 cm³/mol. The molecule has 148 valence electrons. The number of carbonyl (C=O) groups is 1. The Morgan fingerprint density at radius 1 is 1.00 bits per heavy atom. The van der Waals surface area contributed by atoms with E-state index in [4.69, 9.17) is 0 Å². The van der Waals surface area contributed by atoms with E-state index in [1.807, 2.05) is 36.4 Å². The number of pyridine rings is 1. The van der Waals surface area contributed by atoms with Crippen molar-refractivity contribution in [2.75, 3.05) is 6.54 Å². The van der Waals surface area contributed by atoms with Crippen molar-refractivity contribution >= 4 is 15.9 Å². The van der Waals surface area contributed by atoms with Gasteiger partial charge in [0, 0.05) is 37.6 Å². The number of nitrogens with zero attached hydrogens (tertiary/aromatic N) is 2. The van der Waals surface area contributed by atoms with E-state index in [2.05, 4.69) is 10.3 Å². The third kappa shape index (κ3) is 4.21. The van der Waals surface area contributed by atoms with Crippen molar-refractivity contribution in [2.45, 2.75) is 24.4 Å². The number of carbonyl (C=O) groups excluding carboxylic acids is 1. The average Bonchev–Trinajstić information content (AvgIpc) is 2.78. The third-order valence-corrected chi connectivity index (χ3v) is 6.87. The van der Waals surface area contributed by atoms with Crippen LogP contribution >= 0.6 is 0 Å². The molecule has 0 unspecified atom stereocenters. The highest BCUT2D eigenvalue weighted by Gasteiger charge is 2.28. The van der Waals surface area contributed by atoms with Gasteiger partial charge in [-0.1, -0.05) is 30.3 Å². The van der Waals surface area contributed by atoms with E-state index in [9.17, 15) is 13.2 Å². The fourth-order valence-electron chi connectivity index (χ4n) is 3.41. The molecule has 4 rings (SSSR count). The molecule has 29 heavy (non-hydrogen) atoms. The summed E-state index contributed by atoms with van der Waals surface area (Å²) < 4.78 is 27.8. The molecule has 0 spiro atoms. The summed E-state index contributed by atoms with van der Waals surface area (Å²) in [7, 11) is -3.68. The van der Waals surface area contributed by atoms with Gasteiger partial charge in [0.1, 0.15) is 0 Å². The van der Waals surface area contributed by atoms with Crippen LogP contribution in [0.25, 0.3) is 0 Å². The normalized spacial score (nSPS) is 14.2. The molecule has 0 saturated heterocycles. The molecular weight excluding hydrogens is 386 g/mol. The van der Waals surface area contributed by atoms with Crippen LogP contribution in [0, 0.1) is 0 Å². The van der Waals surface area contributed by atoms with Gasteiger partial charge in [0.05, 0.1) is 4.90 Å². The number of sulfonamides is 1. The lowest BCUT2D eigenvalue weighted by atomic mass is 10.0. The van der Waals surface area contributed by atoms with E-state index < -0.39 is 10.0 Å². The standard InChI is InChI=1S/C22H21N3O3S/c26-22(24-15-17-8-11-23-12-9-17)19-6-3-7-21(14-19)29(27,28)25-13-10-18-4-1-2-5-20(18)16-25/h1-9,11-12,14H,10,13,15-16H2,(H,24,26). The number of aromatic nitrogens is 1. The molecule has 0 radical (unpaired) electrons. The van der Waals surface area contributed by atoms with Gasteiger partial charge in [0.2, 0.25) is 10.0 Å². The zero-order valence-corrected chi connectivity index (χ0v) is 16.6. The maximum absolute atomic E-state index is 13.1. The van der Waals surface area contributed by atoms with Crippen LogP contribution in [0.1, 0.15) is 27.0 Å². The van der Waals surface area contributed by atoms with Crippen LogP contribution in [-0.2, 0) is 29.5 Å². The first-order valence-electron chi connectivity index (χ1n) is 9.38. The van der Waals surface area contributed by atoms with Crippen LogP contribution in [0.3, 0.4) is 0 Å². The van der Waals surface area contributed by atoms with Crippen LogP contribution in [0.15, 0.2) is 78.0 Å². The fraction of sp³-hybridized carbons (Fsp3) is 0.182. The van der Waals surface area contributed by atoms with Gasteiger partial charge in [-0.15, -0.1) is 0 Å². The molecule has 0 atom stereocenters. The Morgan fingerprint density at radius 3 is 2.55 bits per heavy atom. The summed E-state index contributed by atoms with van der Waals surface area (Å²) >= 11 is 0. The molecule has 1 aliphatic rings. The molecule has 1 aromatic heterocycles. The Bertz CT molecular complexity index is 1130. The van der Waals surface area contributed by atoms with Gasteiger partial charge >= 0.3 is 0 Å². The Hall–Kier alpha value is -3.03. The molecule has 1 N–H and O–H groups in total. The third-order valence-electron chi connectivity index (χ3n) is 5.03. The van der Waals surface area contributed by atoms with Crippen LogP contribution in [0.2, 0.25) is 0 Å². The fourth-order valence-corrected chi connectivity index (χ4v) is 4.87. The first-order chi connectivity index (χ1) is 14.0. The van der Waals surface area contributed by atoms with Gasteiger partial charge in [0.15, 0.2) is 0 Å². The van der Waals surface area contributed by atoms with Crippen molar-refractivity contribution in [1.82, 2.24) is 14.6 Å². The lowest BCUT2D eigenvalue weighted by molar-refractivity contribution is 0.0950. The van der Waals surface area contributed by atoms with Crippen LogP contribution < -0.4 is 5.32 Å². The molecule has 1 amide bonds. The topological polar surface area (TPSA) is 79.4 Å².